The van der Waals surface area contributed by atoms with Gasteiger partial charge in [0.2, 0.25) is 5.84 Å². The van der Waals surface area contributed by atoms with E-state index in [2.05, 4.69) is 9.98 Å². The lowest BCUT2D eigenvalue weighted by Crippen LogP contribution is -2.54. The molecule has 25 heavy (non-hydrogen) atoms. The molecule has 0 bridgehead atoms. The number of nitrogens with zero attached hydrogens (tertiary/aromatic N) is 5. The lowest BCUT2D eigenvalue weighted by Gasteiger charge is -2.26. The molecule has 1 unspecified atom stereocenters. The summed E-state index contributed by atoms with van der Waals surface area (Å²) in [5.41, 5.74) is 1.06. The molecule has 0 aromatic carbocycles. The highest BCUT2D eigenvalue weighted by Gasteiger charge is 2.50. The Bertz CT molecular complexity index is 842. The number of carbonyl (C=O) groups excluding carboxylic acids is 2. The number of thioether (sulfide) groups is 1. The van der Waals surface area contributed by atoms with E-state index in [4.69, 9.17) is 4.99 Å². The van der Waals surface area contributed by atoms with Gasteiger partial charge < -0.3 is 0 Å². The van der Waals surface area contributed by atoms with Crippen LogP contribution >= 0.6 is 11.8 Å². The number of fused-ring (bicyclic) bond motifs is 1. The first-order chi connectivity index (χ1) is 12.1. The molecule has 1 saturated carbocycles. The second-order valence-corrected chi connectivity index (χ2v) is 7.37. The molecule has 3 aliphatic rings. The van der Waals surface area contributed by atoms with E-state index < -0.39 is 5.92 Å². The molecule has 1 aromatic heterocycles. The van der Waals surface area contributed by atoms with Crippen molar-refractivity contribution in [3.8, 4) is 0 Å². The lowest BCUT2D eigenvalue weighted by molar-refractivity contribution is -0.407. The van der Waals surface area contributed by atoms with Crippen molar-refractivity contribution in [3.63, 3.8) is 0 Å². The Balaban J connectivity index is 1.69. The minimum absolute atomic E-state index is 0.269. The van der Waals surface area contributed by atoms with Crippen molar-refractivity contribution in [2.75, 3.05) is 14.1 Å². The third kappa shape index (κ3) is 2.90. The summed E-state index contributed by atoms with van der Waals surface area (Å²) in [5.74, 6) is 1.39. The van der Waals surface area contributed by atoms with Crippen molar-refractivity contribution in [1.29, 1.82) is 0 Å². The highest BCUT2D eigenvalue weighted by Crippen LogP contribution is 2.35. The van der Waals surface area contributed by atoms with Gasteiger partial charge in [0.1, 0.15) is 5.04 Å². The molecule has 1 aromatic rings. The second-order valence-electron chi connectivity index (χ2n) is 6.37. The Kier molecular flexibility index (Phi) is 3.99. The lowest BCUT2D eigenvalue weighted by atomic mass is 10.0. The molecule has 0 spiro atoms. The molecule has 8 heteroatoms. The van der Waals surface area contributed by atoms with Gasteiger partial charge in [0.05, 0.1) is 14.1 Å². The monoisotopic (exact) mass is 356 g/mol. The maximum Gasteiger partial charge on any atom is 0.445 e. The van der Waals surface area contributed by atoms with E-state index in [1.54, 1.807) is 19.4 Å². The van der Waals surface area contributed by atoms with Gasteiger partial charge >= 0.3 is 11.9 Å². The van der Waals surface area contributed by atoms with Crippen molar-refractivity contribution < 1.29 is 14.2 Å². The zero-order valence-electron chi connectivity index (χ0n) is 14.0. The normalized spacial score (nSPS) is 23.4. The van der Waals surface area contributed by atoms with Gasteiger partial charge in [-0.3, -0.25) is 9.78 Å². The maximum absolute atomic E-state index is 12.7. The third-order valence-electron chi connectivity index (χ3n) is 4.51. The van der Waals surface area contributed by atoms with E-state index in [0.29, 0.717) is 22.6 Å². The summed E-state index contributed by atoms with van der Waals surface area (Å²) in [5, 5.41) is 0.715. The van der Waals surface area contributed by atoms with Crippen LogP contribution in [0.15, 0.2) is 34.5 Å². The molecule has 0 radical (unpaired) electrons. The molecular weight excluding hydrogens is 338 g/mol. The molecule has 4 rings (SSSR count). The number of hydrogen-bond acceptors (Lipinski definition) is 6. The molecule has 7 nitrogen and oxygen atoms in total. The van der Waals surface area contributed by atoms with Crippen molar-refractivity contribution in [2.24, 2.45) is 21.8 Å². The van der Waals surface area contributed by atoms with Gasteiger partial charge in [0.15, 0.2) is 5.92 Å². The Hall–Kier alpha value is -2.35. The van der Waals surface area contributed by atoms with Crippen LogP contribution in [-0.2, 0) is 10.5 Å². The summed E-state index contributed by atoms with van der Waals surface area (Å²) in [4.78, 5) is 39.5. The number of pyridine rings is 1. The fourth-order valence-electron chi connectivity index (χ4n) is 2.87. The van der Waals surface area contributed by atoms with Crippen LogP contribution in [0.1, 0.15) is 18.4 Å². The van der Waals surface area contributed by atoms with E-state index >= 15 is 0 Å². The highest BCUT2D eigenvalue weighted by molar-refractivity contribution is 8.13. The number of rotatable bonds is 3. The van der Waals surface area contributed by atoms with Crippen molar-refractivity contribution in [3.05, 3.63) is 30.1 Å². The average Bonchev–Trinajstić information content (AvgIpc) is 3.48. The Labute approximate surface area is 149 Å². The van der Waals surface area contributed by atoms with Gasteiger partial charge in [-0.2, -0.15) is 9.48 Å². The standard InChI is InChI=1S/C17H18N5O2S/c1-21-14-12(16(23)22(2)17(21)24)15(20-13(19-14)11-5-6-11)25-9-10-4-3-7-18-8-10/h3-4,7-8,11-12H,5-6,9H2,1-2H3/q+1. The summed E-state index contributed by atoms with van der Waals surface area (Å²) >= 11 is 1.52. The quantitative estimate of drug-likeness (QED) is 0.774. The van der Waals surface area contributed by atoms with Gasteiger partial charge in [-0.25, -0.2) is 9.79 Å². The van der Waals surface area contributed by atoms with E-state index in [9.17, 15) is 9.59 Å². The van der Waals surface area contributed by atoms with E-state index in [1.165, 1.54) is 23.4 Å². The van der Waals surface area contributed by atoms with E-state index in [0.717, 1.165) is 29.1 Å². The SMILES string of the molecule is CN1C(=O)C2C(SCc3cccnc3)=NC(C3CC3)=NC2=[N+](C)C1=O. The maximum atomic E-state index is 12.7. The summed E-state index contributed by atoms with van der Waals surface area (Å²) in [6.07, 6.45) is 5.66. The number of aliphatic imine (C=N–C) groups is 2. The summed E-state index contributed by atoms with van der Waals surface area (Å²) in [6, 6.07) is 3.53. The van der Waals surface area contributed by atoms with Crippen molar-refractivity contribution in [2.45, 2.75) is 18.6 Å². The first-order valence-electron chi connectivity index (χ1n) is 8.17. The van der Waals surface area contributed by atoms with Crippen LogP contribution in [0.5, 0.6) is 0 Å². The van der Waals surface area contributed by atoms with Crippen LogP contribution < -0.4 is 0 Å². The molecule has 3 heterocycles. The summed E-state index contributed by atoms with van der Waals surface area (Å²) in [7, 11) is 3.16. The van der Waals surface area contributed by atoms with E-state index in [-0.39, 0.29) is 11.9 Å². The molecule has 0 N–H and O–H groups in total. The number of amides is 3. The van der Waals surface area contributed by atoms with Crippen LogP contribution in [0.25, 0.3) is 0 Å². The van der Waals surface area contributed by atoms with Gasteiger partial charge in [0, 0.05) is 24.1 Å². The largest absolute Gasteiger partial charge is 0.445 e. The van der Waals surface area contributed by atoms with Crippen LogP contribution in [0.4, 0.5) is 4.79 Å². The second kappa shape index (κ2) is 6.18. The molecule has 1 fully saturated rings. The number of imide groups is 1. The van der Waals surface area contributed by atoms with Gasteiger partial charge in [-0.15, -0.1) is 11.8 Å². The van der Waals surface area contributed by atoms with Crippen molar-refractivity contribution in [1.82, 2.24) is 9.88 Å². The zero-order chi connectivity index (χ0) is 17.6. The predicted octanol–water partition coefficient (Wildman–Crippen LogP) is 1.78. The number of urea groups is 1. The molecular formula is C17H18N5O2S+. The Morgan fingerprint density at radius 3 is 2.80 bits per heavy atom. The van der Waals surface area contributed by atoms with Crippen molar-refractivity contribution >= 4 is 40.4 Å². The number of carbonyl (C=O) groups is 2. The fourth-order valence-corrected chi connectivity index (χ4v) is 3.89. The Morgan fingerprint density at radius 2 is 2.12 bits per heavy atom. The smallest absolute Gasteiger partial charge is 0.264 e. The topological polar surface area (TPSA) is 78.0 Å². The highest BCUT2D eigenvalue weighted by atomic mass is 32.2. The first-order valence-corrected chi connectivity index (χ1v) is 9.16. The van der Waals surface area contributed by atoms with Crippen LogP contribution in [0.2, 0.25) is 0 Å². The Morgan fingerprint density at radius 1 is 1.32 bits per heavy atom. The number of aromatic nitrogens is 1. The van der Waals surface area contributed by atoms with Gasteiger partial charge in [0.25, 0.3) is 5.84 Å². The summed E-state index contributed by atoms with van der Waals surface area (Å²) < 4.78 is 1.47. The van der Waals surface area contributed by atoms with Gasteiger partial charge in [-0.05, 0) is 24.5 Å². The minimum Gasteiger partial charge on any atom is -0.264 e. The van der Waals surface area contributed by atoms with Crippen LogP contribution in [0.3, 0.4) is 0 Å². The number of amidine groups is 2. The predicted molar refractivity (Wildman–Crippen MR) is 96.0 cm³/mol. The molecule has 0 saturated heterocycles. The van der Waals surface area contributed by atoms with Gasteiger partial charge in [-0.1, -0.05) is 11.1 Å². The average molecular weight is 356 g/mol. The first kappa shape index (κ1) is 16.1. The molecule has 3 amide bonds. The minimum atomic E-state index is -0.600. The van der Waals surface area contributed by atoms with E-state index in [1.807, 2.05) is 12.1 Å². The molecule has 128 valence electrons. The summed E-state index contributed by atoms with van der Waals surface area (Å²) in [6.45, 7) is 0. The third-order valence-corrected chi connectivity index (χ3v) is 5.61. The van der Waals surface area contributed by atoms with Crippen LogP contribution in [-0.4, -0.2) is 57.2 Å². The van der Waals surface area contributed by atoms with Crippen LogP contribution in [0, 0.1) is 11.8 Å². The molecule has 1 atom stereocenters. The number of hydrogen-bond donors (Lipinski definition) is 0. The molecule has 1 aliphatic carbocycles. The fraction of sp³-hybridized carbons (Fsp3) is 0.412. The zero-order valence-corrected chi connectivity index (χ0v) is 14.9. The molecule has 2 aliphatic heterocycles.